The van der Waals surface area contributed by atoms with Crippen molar-refractivity contribution in [1.82, 2.24) is 0 Å². The number of carbonyl (C=O) groups excluding carboxylic acids is 1. The van der Waals surface area contributed by atoms with Gasteiger partial charge < -0.3 is 11.1 Å². The van der Waals surface area contributed by atoms with Gasteiger partial charge in [0.05, 0.1) is 12.2 Å². The Kier molecular flexibility index (Phi) is 8.28. The summed E-state index contributed by atoms with van der Waals surface area (Å²) in [6.07, 6.45) is 1.37. The SMILES string of the molecule is CCc1c(N)cc(Cl)c(CC)c1NC(=O)N(Cc1ccc(Cl)cc1)c1ccc(C(C)C)cc1. The highest BCUT2D eigenvalue weighted by Crippen LogP contribution is 2.35. The summed E-state index contributed by atoms with van der Waals surface area (Å²) in [5, 5.41) is 4.35. The molecule has 174 valence electrons. The van der Waals surface area contributed by atoms with Gasteiger partial charge in [-0.15, -0.1) is 0 Å². The van der Waals surface area contributed by atoms with Crippen LogP contribution >= 0.6 is 23.2 Å². The minimum Gasteiger partial charge on any atom is -0.398 e. The molecule has 0 spiro atoms. The summed E-state index contributed by atoms with van der Waals surface area (Å²) in [5.41, 5.74) is 12.3. The highest BCUT2D eigenvalue weighted by molar-refractivity contribution is 6.32. The number of benzene rings is 3. The van der Waals surface area contributed by atoms with Crippen LogP contribution in [-0.4, -0.2) is 6.03 Å². The number of halogens is 2. The number of nitrogens with one attached hydrogen (secondary N) is 1. The van der Waals surface area contributed by atoms with Crippen LogP contribution in [0.5, 0.6) is 0 Å². The van der Waals surface area contributed by atoms with Gasteiger partial charge in [-0.05, 0) is 71.3 Å². The number of amides is 2. The summed E-state index contributed by atoms with van der Waals surface area (Å²) < 4.78 is 0. The van der Waals surface area contributed by atoms with Gasteiger partial charge in [-0.3, -0.25) is 4.90 Å². The third kappa shape index (κ3) is 5.82. The van der Waals surface area contributed by atoms with Crippen molar-refractivity contribution in [2.75, 3.05) is 16.0 Å². The molecular formula is C27H31Cl2N3O. The summed E-state index contributed by atoms with van der Waals surface area (Å²) >= 11 is 12.5. The number of hydrogen-bond acceptors (Lipinski definition) is 2. The Balaban J connectivity index is 2.01. The smallest absolute Gasteiger partial charge is 0.326 e. The molecule has 33 heavy (non-hydrogen) atoms. The van der Waals surface area contributed by atoms with E-state index in [-0.39, 0.29) is 6.03 Å². The molecule has 0 radical (unpaired) electrons. The van der Waals surface area contributed by atoms with Crippen molar-refractivity contribution in [3.8, 4) is 0 Å². The molecule has 3 N–H and O–H groups in total. The number of nitrogens with zero attached hydrogens (tertiary/aromatic N) is 1. The Morgan fingerprint density at radius 1 is 0.970 bits per heavy atom. The zero-order valence-electron chi connectivity index (χ0n) is 19.6. The summed E-state index contributed by atoms with van der Waals surface area (Å²) in [4.78, 5) is 15.4. The number of anilines is 3. The van der Waals surface area contributed by atoms with E-state index >= 15 is 0 Å². The monoisotopic (exact) mass is 483 g/mol. The topological polar surface area (TPSA) is 58.4 Å². The van der Waals surface area contributed by atoms with Crippen molar-refractivity contribution < 1.29 is 4.79 Å². The lowest BCUT2D eigenvalue weighted by Crippen LogP contribution is -2.35. The Bertz CT molecular complexity index is 1080. The van der Waals surface area contributed by atoms with E-state index in [0.29, 0.717) is 46.7 Å². The third-order valence-corrected chi connectivity index (χ3v) is 6.42. The van der Waals surface area contributed by atoms with Crippen LogP contribution in [-0.2, 0) is 19.4 Å². The van der Waals surface area contributed by atoms with E-state index in [2.05, 4.69) is 31.3 Å². The second-order valence-electron chi connectivity index (χ2n) is 8.38. The lowest BCUT2D eigenvalue weighted by molar-refractivity contribution is 0.256. The highest BCUT2D eigenvalue weighted by atomic mass is 35.5. The van der Waals surface area contributed by atoms with Crippen LogP contribution in [0.1, 0.15) is 55.9 Å². The summed E-state index contributed by atoms with van der Waals surface area (Å²) in [7, 11) is 0. The van der Waals surface area contributed by atoms with Crippen molar-refractivity contribution in [2.24, 2.45) is 0 Å². The lowest BCUT2D eigenvalue weighted by atomic mass is 10.0. The first kappa shape index (κ1) is 24.9. The number of nitrogen functional groups attached to an aromatic ring is 1. The van der Waals surface area contributed by atoms with E-state index in [1.54, 1.807) is 11.0 Å². The summed E-state index contributed by atoms with van der Waals surface area (Å²) in [6, 6.07) is 17.1. The van der Waals surface area contributed by atoms with Crippen LogP contribution < -0.4 is 16.0 Å². The molecule has 0 saturated heterocycles. The van der Waals surface area contributed by atoms with Crippen molar-refractivity contribution in [1.29, 1.82) is 0 Å². The fourth-order valence-corrected chi connectivity index (χ4v) is 4.37. The van der Waals surface area contributed by atoms with E-state index in [4.69, 9.17) is 28.9 Å². The van der Waals surface area contributed by atoms with Crippen molar-refractivity contribution in [3.63, 3.8) is 0 Å². The molecule has 0 aromatic heterocycles. The number of carbonyl (C=O) groups is 1. The van der Waals surface area contributed by atoms with E-state index in [9.17, 15) is 4.79 Å². The third-order valence-electron chi connectivity index (χ3n) is 5.83. The summed E-state index contributed by atoms with van der Waals surface area (Å²) in [6.45, 7) is 8.72. The maximum Gasteiger partial charge on any atom is 0.326 e. The first-order valence-electron chi connectivity index (χ1n) is 11.3. The molecule has 0 bridgehead atoms. The van der Waals surface area contributed by atoms with E-state index in [1.165, 1.54) is 5.56 Å². The minimum absolute atomic E-state index is 0.242. The fourth-order valence-electron chi connectivity index (χ4n) is 3.90. The Hall–Kier alpha value is -2.69. The second-order valence-corrected chi connectivity index (χ2v) is 9.22. The zero-order valence-corrected chi connectivity index (χ0v) is 21.1. The van der Waals surface area contributed by atoms with Gasteiger partial charge >= 0.3 is 6.03 Å². The maximum atomic E-state index is 13.7. The minimum atomic E-state index is -0.242. The van der Waals surface area contributed by atoms with Crippen LogP contribution in [0.25, 0.3) is 0 Å². The van der Waals surface area contributed by atoms with Crippen molar-refractivity contribution >= 4 is 46.3 Å². The zero-order chi connectivity index (χ0) is 24.1. The van der Waals surface area contributed by atoms with Crippen LogP contribution in [0.4, 0.5) is 21.9 Å². The molecule has 3 aromatic rings. The molecule has 0 atom stereocenters. The largest absolute Gasteiger partial charge is 0.398 e. The molecule has 6 heteroatoms. The first-order chi connectivity index (χ1) is 15.7. The molecular weight excluding hydrogens is 453 g/mol. The predicted molar refractivity (Wildman–Crippen MR) is 142 cm³/mol. The molecule has 0 aliphatic heterocycles. The summed E-state index contributed by atoms with van der Waals surface area (Å²) in [5.74, 6) is 0.409. The number of hydrogen-bond donors (Lipinski definition) is 2. The van der Waals surface area contributed by atoms with Gasteiger partial charge in [-0.2, -0.15) is 0 Å². The average Bonchev–Trinajstić information content (AvgIpc) is 2.79. The van der Waals surface area contributed by atoms with Crippen molar-refractivity contribution in [3.05, 3.63) is 86.9 Å². The van der Waals surface area contributed by atoms with Crippen LogP contribution in [0.15, 0.2) is 54.6 Å². The normalized spacial score (nSPS) is 11.0. The van der Waals surface area contributed by atoms with E-state index < -0.39 is 0 Å². The van der Waals surface area contributed by atoms with Gasteiger partial charge in [0, 0.05) is 21.4 Å². The van der Waals surface area contributed by atoms with Gasteiger partial charge in [0.2, 0.25) is 0 Å². The Morgan fingerprint density at radius 3 is 2.12 bits per heavy atom. The molecule has 0 saturated carbocycles. The van der Waals surface area contributed by atoms with E-state index in [1.807, 2.05) is 50.2 Å². The molecule has 0 aliphatic carbocycles. The number of nitrogens with two attached hydrogens (primary N) is 1. The van der Waals surface area contributed by atoms with Crippen LogP contribution in [0, 0.1) is 0 Å². The van der Waals surface area contributed by atoms with Crippen LogP contribution in [0.2, 0.25) is 10.0 Å². The second kappa shape index (κ2) is 11.0. The van der Waals surface area contributed by atoms with E-state index in [0.717, 1.165) is 22.4 Å². The van der Waals surface area contributed by atoms with Gasteiger partial charge in [0.1, 0.15) is 0 Å². The standard InChI is InChI=1S/C27H31Cl2N3O/c1-5-22-24(29)15-25(30)23(6-2)26(22)31-27(33)32(16-18-7-11-20(28)12-8-18)21-13-9-19(10-14-21)17(3)4/h7-15,17H,5-6,16,30H2,1-4H3,(H,31,33). The maximum absolute atomic E-state index is 13.7. The number of urea groups is 1. The molecule has 0 aliphatic rings. The van der Waals surface area contributed by atoms with Gasteiger partial charge in [0.15, 0.2) is 0 Å². The average molecular weight is 484 g/mol. The van der Waals surface area contributed by atoms with Gasteiger partial charge in [-0.25, -0.2) is 4.79 Å². The molecule has 4 nitrogen and oxygen atoms in total. The fraction of sp³-hybridized carbons (Fsp3) is 0.296. The molecule has 0 unspecified atom stereocenters. The van der Waals surface area contributed by atoms with Crippen LogP contribution in [0.3, 0.4) is 0 Å². The Labute approximate surface area is 206 Å². The predicted octanol–water partition coefficient (Wildman–Crippen LogP) is 8.06. The lowest BCUT2D eigenvalue weighted by Gasteiger charge is -2.26. The molecule has 0 fully saturated rings. The molecule has 2 amide bonds. The molecule has 3 aromatic carbocycles. The van der Waals surface area contributed by atoms with Gasteiger partial charge in [0.25, 0.3) is 0 Å². The van der Waals surface area contributed by atoms with Crippen molar-refractivity contribution in [2.45, 2.75) is 53.0 Å². The molecule has 3 rings (SSSR count). The first-order valence-corrected chi connectivity index (χ1v) is 12.0. The van der Waals surface area contributed by atoms with Gasteiger partial charge in [-0.1, -0.05) is 75.2 Å². The quantitative estimate of drug-likeness (QED) is 0.333. The highest BCUT2D eigenvalue weighted by Gasteiger charge is 2.21. The Morgan fingerprint density at radius 2 is 1.58 bits per heavy atom. The molecule has 0 heterocycles. The number of rotatable bonds is 7.